The molecule has 0 bridgehead atoms. The summed E-state index contributed by atoms with van der Waals surface area (Å²) in [4.78, 5) is 16.1. The maximum atomic E-state index is 11.4. The zero-order chi connectivity index (χ0) is 19.0. The molecule has 0 radical (unpaired) electrons. The average Bonchev–Trinajstić information content (AvgIpc) is 3.04. The lowest BCUT2D eigenvalue weighted by molar-refractivity contribution is -0.114. The Morgan fingerprint density at radius 2 is 2.15 bits per heavy atom. The summed E-state index contributed by atoms with van der Waals surface area (Å²) in [5.41, 5.74) is 1.67. The number of rotatable bonds is 7. The maximum absolute atomic E-state index is 11.4. The van der Waals surface area contributed by atoms with Gasteiger partial charge >= 0.3 is 0 Å². The van der Waals surface area contributed by atoms with E-state index in [1.54, 1.807) is 7.11 Å². The first-order chi connectivity index (χ1) is 12.5. The van der Waals surface area contributed by atoms with Crippen molar-refractivity contribution in [3.05, 3.63) is 23.8 Å². The number of carbonyl (C=O) groups excluding carboxylic acids is 1. The predicted molar refractivity (Wildman–Crippen MR) is 126 cm³/mol. The molecule has 1 aliphatic rings. The molecule has 1 fully saturated rings. The molecular formula is C19H31IN4O2S. The summed E-state index contributed by atoms with van der Waals surface area (Å²) in [6, 6.07) is 5.72. The Bertz CT molecular complexity index is 649. The number of methoxy groups -OCH3 is 1. The molecule has 0 saturated carbocycles. The number of hydrogen-bond acceptors (Lipinski definition) is 4. The van der Waals surface area contributed by atoms with Crippen LogP contribution in [0.25, 0.3) is 0 Å². The van der Waals surface area contributed by atoms with Gasteiger partial charge in [0.15, 0.2) is 5.96 Å². The second-order valence-electron chi connectivity index (χ2n) is 6.67. The van der Waals surface area contributed by atoms with E-state index in [1.165, 1.54) is 25.5 Å². The van der Waals surface area contributed by atoms with Crippen molar-refractivity contribution in [3.8, 4) is 5.75 Å². The van der Waals surface area contributed by atoms with E-state index in [-0.39, 0.29) is 34.6 Å². The first-order valence-electron chi connectivity index (χ1n) is 9.06. The monoisotopic (exact) mass is 506 g/mol. The van der Waals surface area contributed by atoms with Gasteiger partial charge in [0.25, 0.3) is 0 Å². The fraction of sp³-hybridized carbons (Fsp3) is 0.579. The summed E-state index contributed by atoms with van der Waals surface area (Å²) < 4.78 is 5.58. The molecule has 1 aliphatic heterocycles. The Balaban J connectivity index is 0.00000364. The lowest BCUT2D eigenvalue weighted by Crippen LogP contribution is -2.43. The Morgan fingerprint density at radius 1 is 1.37 bits per heavy atom. The van der Waals surface area contributed by atoms with Crippen molar-refractivity contribution >= 4 is 53.3 Å². The number of thioether (sulfide) groups is 1. The maximum Gasteiger partial charge on any atom is 0.221 e. The van der Waals surface area contributed by atoms with E-state index in [0.717, 1.165) is 24.6 Å². The van der Waals surface area contributed by atoms with Crippen molar-refractivity contribution < 1.29 is 9.53 Å². The van der Waals surface area contributed by atoms with Crippen molar-refractivity contribution in [2.45, 2.75) is 44.9 Å². The van der Waals surface area contributed by atoms with Crippen LogP contribution in [0.5, 0.6) is 5.75 Å². The number of hydrogen-bond donors (Lipinski definition) is 3. The molecule has 1 atom stereocenters. The van der Waals surface area contributed by atoms with Crippen LogP contribution in [0.2, 0.25) is 0 Å². The molecule has 152 valence electrons. The minimum Gasteiger partial charge on any atom is -0.495 e. The standard InChI is InChI=1S/C19H30N4O2S.HI/c1-5-20-18(22-13-19(3)9-6-10-26-19)21-12-15-7-8-17(25-4)16(11-15)23-14(2)24;/h7-8,11H,5-6,9-10,12-13H2,1-4H3,(H,23,24)(H2,20,21,22);1H. The van der Waals surface area contributed by atoms with Gasteiger partial charge in [-0.2, -0.15) is 11.8 Å². The molecule has 0 aliphatic carbocycles. The smallest absolute Gasteiger partial charge is 0.221 e. The number of carbonyl (C=O) groups is 1. The Labute approximate surface area is 183 Å². The van der Waals surface area contributed by atoms with Crippen LogP contribution >= 0.6 is 35.7 Å². The third-order valence-corrected chi connectivity index (χ3v) is 5.81. The Morgan fingerprint density at radius 3 is 2.74 bits per heavy atom. The number of nitrogens with zero attached hydrogens (tertiary/aromatic N) is 1. The number of guanidine groups is 1. The Hall–Kier alpha value is -1.16. The lowest BCUT2D eigenvalue weighted by atomic mass is 10.1. The van der Waals surface area contributed by atoms with Gasteiger partial charge in [0, 0.05) is 24.8 Å². The molecule has 1 saturated heterocycles. The zero-order valence-corrected chi connectivity index (χ0v) is 19.7. The number of benzene rings is 1. The van der Waals surface area contributed by atoms with Gasteiger partial charge in [-0.05, 0) is 50.1 Å². The molecule has 1 heterocycles. The van der Waals surface area contributed by atoms with Gasteiger partial charge in [0.1, 0.15) is 5.75 Å². The van der Waals surface area contributed by atoms with Gasteiger partial charge in [-0.3, -0.25) is 4.79 Å². The third kappa shape index (κ3) is 7.77. The molecule has 0 spiro atoms. The number of anilines is 1. The molecule has 1 aromatic rings. The van der Waals surface area contributed by atoms with Crippen molar-refractivity contribution in [3.63, 3.8) is 0 Å². The molecular weight excluding hydrogens is 475 g/mol. The minimum absolute atomic E-state index is 0. The van der Waals surface area contributed by atoms with Crippen molar-refractivity contribution in [2.24, 2.45) is 4.99 Å². The van der Waals surface area contributed by atoms with Gasteiger partial charge in [-0.15, -0.1) is 24.0 Å². The van der Waals surface area contributed by atoms with Crippen LogP contribution in [0, 0.1) is 0 Å². The zero-order valence-electron chi connectivity index (χ0n) is 16.6. The van der Waals surface area contributed by atoms with Crippen LogP contribution in [-0.2, 0) is 11.3 Å². The normalized spacial score (nSPS) is 19.2. The summed E-state index contributed by atoms with van der Waals surface area (Å²) in [6.07, 6.45) is 2.52. The largest absolute Gasteiger partial charge is 0.495 e. The van der Waals surface area contributed by atoms with Gasteiger partial charge < -0.3 is 20.7 Å². The summed E-state index contributed by atoms with van der Waals surface area (Å²) in [6.45, 7) is 8.10. The molecule has 27 heavy (non-hydrogen) atoms. The minimum atomic E-state index is -0.124. The average molecular weight is 506 g/mol. The van der Waals surface area contributed by atoms with Crippen LogP contribution in [0.15, 0.2) is 23.2 Å². The highest BCUT2D eigenvalue weighted by molar-refractivity contribution is 14.0. The fourth-order valence-corrected chi connectivity index (χ4v) is 4.14. The molecule has 8 heteroatoms. The van der Waals surface area contributed by atoms with Crippen LogP contribution in [0.4, 0.5) is 5.69 Å². The predicted octanol–water partition coefficient (Wildman–Crippen LogP) is 3.61. The van der Waals surface area contributed by atoms with E-state index in [0.29, 0.717) is 18.0 Å². The van der Waals surface area contributed by atoms with Crippen molar-refractivity contribution in [1.82, 2.24) is 10.6 Å². The third-order valence-electron chi connectivity index (χ3n) is 4.27. The molecule has 3 N–H and O–H groups in total. The van der Waals surface area contributed by atoms with E-state index < -0.39 is 0 Å². The topological polar surface area (TPSA) is 74.8 Å². The number of amides is 1. The van der Waals surface area contributed by atoms with E-state index in [1.807, 2.05) is 30.0 Å². The van der Waals surface area contributed by atoms with Crippen molar-refractivity contribution in [1.29, 1.82) is 0 Å². The van der Waals surface area contributed by atoms with Gasteiger partial charge in [-0.1, -0.05) is 6.07 Å². The molecule has 1 unspecified atom stereocenters. The molecule has 1 amide bonds. The van der Waals surface area contributed by atoms with E-state index in [4.69, 9.17) is 4.74 Å². The van der Waals surface area contributed by atoms with Crippen LogP contribution in [0.3, 0.4) is 0 Å². The van der Waals surface area contributed by atoms with E-state index >= 15 is 0 Å². The van der Waals surface area contributed by atoms with Crippen LogP contribution in [0.1, 0.15) is 39.2 Å². The quantitative estimate of drug-likeness (QED) is 0.299. The SMILES string of the molecule is CCNC(=NCc1ccc(OC)c(NC(C)=O)c1)NCC1(C)CCCS1.I. The highest BCUT2D eigenvalue weighted by Gasteiger charge is 2.29. The van der Waals surface area contributed by atoms with E-state index in [2.05, 4.69) is 34.8 Å². The van der Waals surface area contributed by atoms with Gasteiger partial charge in [0.05, 0.1) is 19.3 Å². The van der Waals surface area contributed by atoms with Crippen molar-refractivity contribution in [2.75, 3.05) is 31.3 Å². The number of nitrogens with one attached hydrogen (secondary N) is 3. The second kappa shape index (κ2) is 11.6. The second-order valence-corrected chi connectivity index (χ2v) is 8.35. The van der Waals surface area contributed by atoms with E-state index in [9.17, 15) is 4.79 Å². The summed E-state index contributed by atoms with van der Waals surface area (Å²) in [5, 5.41) is 9.56. The summed E-state index contributed by atoms with van der Waals surface area (Å²) in [5.74, 6) is 2.58. The highest BCUT2D eigenvalue weighted by atomic mass is 127. The number of halogens is 1. The molecule has 2 rings (SSSR count). The fourth-order valence-electron chi connectivity index (χ4n) is 2.90. The van der Waals surface area contributed by atoms with Crippen LogP contribution < -0.4 is 20.7 Å². The highest BCUT2D eigenvalue weighted by Crippen LogP contribution is 2.36. The Kier molecular flexibility index (Phi) is 10.3. The first kappa shape index (κ1) is 23.9. The lowest BCUT2D eigenvalue weighted by Gasteiger charge is -2.24. The molecule has 6 nitrogen and oxygen atoms in total. The van der Waals surface area contributed by atoms with Gasteiger partial charge in [-0.25, -0.2) is 4.99 Å². The first-order valence-corrected chi connectivity index (χ1v) is 10.0. The molecule has 1 aromatic carbocycles. The molecule has 0 aromatic heterocycles. The van der Waals surface area contributed by atoms with Crippen LogP contribution in [-0.4, -0.2) is 42.6 Å². The number of ether oxygens (including phenoxy) is 1. The number of aliphatic imine (C=N–C) groups is 1. The van der Waals surface area contributed by atoms with Gasteiger partial charge in [0.2, 0.25) is 5.91 Å². The summed E-state index contributed by atoms with van der Waals surface area (Å²) >= 11 is 2.03. The summed E-state index contributed by atoms with van der Waals surface area (Å²) in [7, 11) is 1.59.